The first-order valence-electron chi connectivity index (χ1n) is 6.25. The van der Waals surface area contributed by atoms with Gasteiger partial charge in [-0.3, -0.25) is 9.59 Å². The Morgan fingerprint density at radius 2 is 2.19 bits per heavy atom. The van der Waals surface area contributed by atoms with Crippen LogP contribution in [0.5, 0.6) is 0 Å². The fourth-order valence-electron chi connectivity index (χ4n) is 2.19. The quantitative estimate of drug-likeness (QED) is 0.860. The average molecular weight is 310 g/mol. The molecule has 1 heterocycles. The molecule has 1 unspecified atom stereocenters. The Balaban J connectivity index is 2.19. The summed E-state index contributed by atoms with van der Waals surface area (Å²) in [5.41, 5.74) is -0.557. The van der Waals surface area contributed by atoms with Gasteiger partial charge in [-0.25, -0.2) is 8.78 Å². The van der Waals surface area contributed by atoms with E-state index in [-0.39, 0.29) is 35.6 Å². The summed E-state index contributed by atoms with van der Waals surface area (Å²) in [6.45, 7) is 1.68. The van der Waals surface area contributed by atoms with Crippen LogP contribution in [0.4, 0.5) is 14.5 Å². The van der Waals surface area contributed by atoms with Crippen molar-refractivity contribution in [2.45, 2.75) is 13.3 Å². The van der Waals surface area contributed by atoms with Crippen molar-refractivity contribution in [1.82, 2.24) is 0 Å². The summed E-state index contributed by atoms with van der Waals surface area (Å²) in [5, 5.41) is 8.60. The zero-order valence-electron chi connectivity index (χ0n) is 11.2. The van der Waals surface area contributed by atoms with Gasteiger partial charge in [-0.05, 0) is 12.0 Å². The number of carbonyl (C=O) groups excluding carboxylic acids is 2. The molecule has 1 aliphatic heterocycles. The highest BCUT2D eigenvalue weighted by Gasteiger charge is 2.32. The highest BCUT2D eigenvalue weighted by atomic mass is 32.2. The molecule has 21 heavy (non-hydrogen) atoms. The number of nitriles is 1. The number of halogens is 2. The van der Waals surface area contributed by atoms with Gasteiger partial charge in [0.05, 0.1) is 11.3 Å². The highest BCUT2D eigenvalue weighted by Crippen LogP contribution is 2.30. The predicted molar refractivity (Wildman–Crippen MR) is 74.7 cm³/mol. The molecule has 4 nitrogen and oxygen atoms in total. The highest BCUT2D eigenvalue weighted by molar-refractivity contribution is 8.13. The van der Waals surface area contributed by atoms with Crippen LogP contribution in [0, 0.1) is 28.9 Å². The lowest BCUT2D eigenvalue weighted by molar-refractivity contribution is -0.117. The second-order valence-electron chi connectivity index (χ2n) is 4.77. The molecule has 0 N–H and O–H groups in total. The molecule has 2 rings (SSSR count). The van der Waals surface area contributed by atoms with E-state index >= 15 is 0 Å². The number of thioether (sulfide) groups is 1. The molecule has 1 aromatic carbocycles. The summed E-state index contributed by atoms with van der Waals surface area (Å²) in [7, 11) is 0. The third-order valence-corrected chi connectivity index (χ3v) is 4.22. The Kier molecular flexibility index (Phi) is 4.58. The van der Waals surface area contributed by atoms with Gasteiger partial charge in [0.25, 0.3) is 0 Å². The van der Waals surface area contributed by atoms with Crippen molar-refractivity contribution in [3.8, 4) is 6.07 Å². The minimum Gasteiger partial charge on any atom is -0.309 e. The summed E-state index contributed by atoms with van der Waals surface area (Å²) < 4.78 is 27.5. The SMILES string of the molecule is CC(=O)SCC1CC(=O)N(c2cc(F)c(C#N)cc2F)C1. The van der Waals surface area contributed by atoms with Gasteiger partial charge in [-0.15, -0.1) is 0 Å². The molecule has 0 aromatic heterocycles. The van der Waals surface area contributed by atoms with Crippen LogP contribution in [0.1, 0.15) is 18.9 Å². The maximum atomic E-state index is 13.9. The third-order valence-electron chi connectivity index (χ3n) is 3.18. The molecule has 0 saturated carbocycles. The van der Waals surface area contributed by atoms with Crippen LogP contribution < -0.4 is 4.90 Å². The largest absolute Gasteiger partial charge is 0.309 e. The first-order valence-corrected chi connectivity index (χ1v) is 7.23. The summed E-state index contributed by atoms with van der Waals surface area (Å²) in [6, 6.07) is 3.20. The second-order valence-corrected chi connectivity index (χ2v) is 5.97. The summed E-state index contributed by atoms with van der Waals surface area (Å²) in [5.74, 6) is -1.58. The van der Waals surface area contributed by atoms with E-state index in [2.05, 4.69) is 0 Å². The first kappa shape index (κ1) is 15.4. The number of amides is 1. The zero-order chi connectivity index (χ0) is 15.6. The Morgan fingerprint density at radius 3 is 2.81 bits per heavy atom. The third kappa shape index (κ3) is 3.39. The normalized spacial score (nSPS) is 17.9. The molecule has 1 fully saturated rings. The molecule has 1 aliphatic rings. The van der Waals surface area contributed by atoms with Gasteiger partial charge in [0, 0.05) is 31.7 Å². The Hall–Kier alpha value is -1.94. The van der Waals surface area contributed by atoms with Gasteiger partial charge in [-0.2, -0.15) is 5.26 Å². The molecule has 7 heteroatoms. The molecule has 1 aromatic rings. The standard InChI is InChI=1S/C14H12F2N2O2S/c1-8(19)21-7-9-2-14(20)18(6-9)13-4-11(15)10(5-17)3-12(13)16/h3-4,9H,2,6-7H2,1H3. The van der Waals surface area contributed by atoms with Crippen molar-refractivity contribution >= 4 is 28.5 Å². The minimum absolute atomic E-state index is 0.0449. The van der Waals surface area contributed by atoms with Crippen molar-refractivity contribution in [2.24, 2.45) is 5.92 Å². The molecule has 0 spiro atoms. The van der Waals surface area contributed by atoms with E-state index in [1.54, 1.807) is 6.07 Å². The van der Waals surface area contributed by atoms with Crippen molar-refractivity contribution in [1.29, 1.82) is 5.26 Å². The second kappa shape index (κ2) is 6.22. The summed E-state index contributed by atoms with van der Waals surface area (Å²) in [6.07, 6.45) is 0.196. The van der Waals surface area contributed by atoms with Gasteiger partial charge in [0.2, 0.25) is 5.91 Å². The molecule has 1 amide bonds. The van der Waals surface area contributed by atoms with Gasteiger partial charge < -0.3 is 4.90 Å². The summed E-state index contributed by atoms with van der Waals surface area (Å²) >= 11 is 1.11. The molecular formula is C14H12F2N2O2S. The van der Waals surface area contributed by atoms with E-state index in [9.17, 15) is 18.4 Å². The van der Waals surface area contributed by atoms with Crippen molar-refractivity contribution in [3.05, 3.63) is 29.3 Å². The van der Waals surface area contributed by atoms with Crippen LogP contribution in [0.15, 0.2) is 12.1 Å². The van der Waals surface area contributed by atoms with E-state index in [4.69, 9.17) is 5.26 Å². The van der Waals surface area contributed by atoms with Crippen LogP contribution in [0.25, 0.3) is 0 Å². The number of benzene rings is 1. The zero-order valence-corrected chi connectivity index (χ0v) is 12.0. The van der Waals surface area contributed by atoms with Crippen LogP contribution in [0.3, 0.4) is 0 Å². The number of hydrogen-bond donors (Lipinski definition) is 0. The van der Waals surface area contributed by atoms with E-state index in [1.165, 1.54) is 11.8 Å². The molecule has 1 atom stereocenters. The first-order chi connectivity index (χ1) is 9.92. The van der Waals surface area contributed by atoms with Crippen molar-refractivity contribution < 1.29 is 18.4 Å². The lowest BCUT2D eigenvalue weighted by Crippen LogP contribution is -2.26. The minimum atomic E-state index is -0.858. The lowest BCUT2D eigenvalue weighted by atomic mass is 10.1. The smallest absolute Gasteiger partial charge is 0.227 e. The van der Waals surface area contributed by atoms with Crippen LogP contribution in [-0.2, 0) is 9.59 Å². The van der Waals surface area contributed by atoms with Gasteiger partial charge in [0.1, 0.15) is 17.7 Å². The van der Waals surface area contributed by atoms with E-state index < -0.39 is 17.2 Å². The average Bonchev–Trinajstić information content (AvgIpc) is 2.79. The molecule has 0 aliphatic carbocycles. The number of rotatable bonds is 3. The number of hydrogen-bond acceptors (Lipinski definition) is 4. The fourth-order valence-corrected chi connectivity index (χ4v) is 2.88. The number of carbonyl (C=O) groups is 2. The van der Waals surface area contributed by atoms with Crippen molar-refractivity contribution in [2.75, 3.05) is 17.2 Å². The fraction of sp³-hybridized carbons (Fsp3) is 0.357. The monoisotopic (exact) mass is 310 g/mol. The molecule has 0 bridgehead atoms. The Bertz CT molecular complexity index is 643. The topological polar surface area (TPSA) is 61.2 Å². The Morgan fingerprint density at radius 1 is 1.48 bits per heavy atom. The van der Waals surface area contributed by atoms with Gasteiger partial charge in [-0.1, -0.05) is 11.8 Å². The van der Waals surface area contributed by atoms with E-state index in [0.29, 0.717) is 5.75 Å². The molecule has 0 radical (unpaired) electrons. The maximum absolute atomic E-state index is 13.9. The predicted octanol–water partition coefficient (Wildman–Crippen LogP) is 2.47. The number of anilines is 1. The molecule has 110 valence electrons. The van der Waals surface area contributed by atoms with E-state index in [0.717, 1.165) is 23.9 Å². The van der Waals surface area contributed by atoms with Gasteiger partial charge >= 0.3 is 0 Å². The van der Waals surface area contributed by atoms with E-state index in [1.807, 2.05) is 0 Å². The molecular weight excluding hydrogens is 298 g/mol. The lowest BCUT2D eigenvalue weighted by Gasteiger charge is -2.17. The van der Waals surface area contributed by atoms with Gasteiger partial charge in [0.15, 0.2) is 5.12 Å². The van der Waals surface area contributed by atoms with Crippen LogP contribution in [0.2, 0.25) is 0 Å². The Labute approximate surface area is 124 Å². The molecule has 1 saturated heterocycles. The summed E-state index contributed by atoms with van der Waals surface area (Å²) in [4.78, 5) is 24.0. The maximum Gasteiger partial charge on any atom is 0.227 e. The van der Waals surface area contributed by atoms with Crippen LogP contribution >= 0.6 is 11.8 Å². The van der Waals surface area contributed by atoms with Crippen molar-refractivity contribution in [3.63, 3.8) is 0 Å². The van der Waals surface area contributed by atoms with Crippen LogP contribution in [-0.4, -0.2) is 23.3 Å². The number of nitrogens with zero attached hydrogens (tertiary/aromatic N) is 2.